The minimum atomic E-state index is -0.468. The number of hydrogen-bond acceptors (Lipinski definition) is 8. The van der Waals surface area contributed by atoms with E-state index in [4.69, 9.17) is 45.0 Å². The van der Waals surface area contributed by atoms with Gasteiger partial charge < -0.3 is 32.0 Å². The number of unbranched alkanes of at least 4 members (excludes halogenated alkanes) is 1. The molecule has 0 aliphatic heterocycles. The number of methoxy groups -OCH3 is 2. The van der Waals surface area contributed by atoms with E-state index in [1.54, 1.807) is 73.9 Å². The largest absolute Gasteiger partial charge is 1.00 e. The second-order valence-corrected chi connectivity index (χ2v) is 14.5. The van der Waals surface area contributed by atoms with Gasteiger partial charge in [-0.05, 0) is 66.7 Å². The van der Waals surface area contributed by atoms with Gasteiger partial charge in [0, 0.05) is 91.2 Å². The number of ether oxygens (including phenoxy) is 2. The van der Waals surface area contributed by atoms with Gasteiger partial charge >= 0.3 is 18.9 Å². The van der Waals surface area contributed by atoms with E-state index in [1.165, 1.54) is 24.8 Å². The van der Waals surface area contributed by atoms with Crippen LogP contribution in [0.4, 0.5) is 14.6 Å². The summed E-state index contributed by atoms with van der Waals surface area (Å²) in [6.07, 6.45) is 16.1. The van der Waals surface area contributed by atoms with Crippen molar-refractivity contribution in [3.63, 3.8) is 0 Å². The second kappa shape index (κ2) is 29.6. The Morgan fingerprint density at radius 2 is 1.19 bits per heavy atom. The Kier molecular flexibility index (Phi) is 26.1. The number of nitrogens with one attached hydrogen (secondary N) is 1. The predicted molar refractivity (Wildman–Crippen MR) is 276 cm³/mol. The van der Waals surface area contributed by atoms with Gasteiger partial charge in [0.25, 0.3) is 5.82 Å². The van der Waals surface area contributed by atoms with E-state index in [-0.39, 0.29) is 64.9 Å². The van der Waals surface area contributed by atoms with Crippen molar-refractivity contribution in [3.8, 4) is 56.3 Å². The van der Waals surface area contributed by atoms with Crippen LogP contribution in [0, 0.1) is 25.1 Å². The number of nitrogens with zero attached hydrogens (tertiary/aromatic N) is 8. The first-order valence-corrected chi connectivity index (χ1v) is 20.6. The fraction of sp³-hybridized carbons (Fsp3) is 0.212. The second-order valence-electron chi connectivity index (χ2n) is 13.6. The molecule has 7 aromatic heterocycles. The first-order valence-electron chi connectivity index (χ1n) is 19.8. The molecule has 0 aliphatic carbocycles. The fourth-order valence-electron chi connectivity index (χ4n) is 6.24. The predicted octanol–water partition coefficient (Wildman–Crippen LogP) is 11.4. The maximum absolute atomic E-state index is 13.6. The summed E-state index contributed by atoms with van der Waals surface area (Å²) in [4.78, 5) is 28.5. The molecule has 0 radical (unpaired) electrons. The molecule has 0 unspecified atom stereocenters. The van der Waals surface area contributed by atoms with Crippen molar-refractivity contribution >= 4 is 40.3 Å². The van der Waals surface area contributed by atoms with Crippen LogP contribution in [0.15, 0.2) is 135 Å². The van der Waals surface area contributed by atoms with E-state index in [2.05, 4.69) is 48.6 Å². The van der Waals surface area contributed by atoms with Crippen LogP contribution in [0.5, 0.6) is 0 Å². The molecule has 7 heterocycles. The molecular formula is C52H59Cl2F2LiN10O2. The maximum atomic E-state index is 13.6. The summed E-state index contributed by atoms with van der Waals surface area (Å²) in [6.45, 7) is 13.4. The van der Waals surface area contributed by atoms with Gasteiger partial charge in [-0.2, -0.15) is 6.42 Å². The molecule has 0 aliphatic rings. The number of aromatic nitrogens is 8. The van der Waals surface area contributed by atoms with Crippen molar-refractivity contribution in [2.24, 2.45) is 5.73 Å². The number of H-pyrrole nitrogens is 1. The zero-order valence-corrected chi connectivity index (χ0v) is 37.6. The molecule has 0 amide bonds. The van der Waals surface area contributed by atoms with Crippen molar-refractivity contribution in [2.75, 3.05) is 20.8 Å². The van der Waals surface area contributed by atoms with Gasteiger partial charge in [-0.1, -0.05) is 85.0 Å². The average molecular weight is 972 g/mol. The summed E-state index contributed by atoms with van der Waals surface area (Å²) in [5.74, 6) is 0.253. The van der Waals surface area contributed by atoms with Gasteiger partial charge in [0.1, 0.15) is 23.0 Å². The minimum Gasteiger partial charge on any atom is -0.362 e. The zero-order chi connectivity index (χ0) is 45.6. The molecule has 358 valence electrons. The Hall–Kier alpha value is -6.26. The molecular weight excluding hydrogens is 912 g/mol. The summed E-state index contributed by atoms with van der Waals surface area (Å²) in [5.41, 5.74) is 14.0. The molecule has 0 fully saturated rings. The molecule has 0 saturated carbocycles. The number of imidazole rings is 3. The minimum absolute atomic E-state index is 0. The number of fused-ring (bicyclic) bond motifs is 2. The zero-order valence-electron chi connectivity index (χ0n) is 36.1. The third-order valence-corrected chi connectivity index (χ3v) is 10.1. The average Bonchev–Trinajstić information content (AvgIpc) is 4.12. The van der Waals surface area contributed by atoms with Crippen molar-refractivity contribution in [1.82, 2.24) is 38.7 Å². The molecule has 17 heteroatoms. The van der Waals surface area contributed by atoms with Gasteiger partial charge in [-0.3, -0.25) is 14.4 Å². The van der Waals surface area contributed by atoms with Crippen molar-refractivity contribution in [3.05, 3.63) is 175 Å². The van der Waals surface area contributed by atoms with E-state index in [9.17, 15) is 8.78 Å². The number of rotatable bonds is 9. The first-order chi connectivity index (χ1) is 31.1. The maximum Gasteiger partial charge on any atom is 1.00 e. The molecule has 2 aromatic carbocycles. The van der Waals surface area contributed by atoms with Gasteiger partial charge in [0.05, 0.1) is 40.0 Å². The van der Waals surface area contributed by atoms with E-state index < -0.39 is 11.6 Å². The third-order valence-electron chi connectivity index (χ3n) is 9.54. The third kappa shape index (κ3) is 14.9. The Bertz CT molecular complexity index is 2980. The van der Waals surface area contributed by atoms with E-state index >= 15 is 0 Å². The molecule has 69 heavy (non-hydrogen) atoms. The van der Waals surface area contributed by atoms with Crippen molar-refractivity contribution < 1.29 is 37.1 Å². The van der Waals surface area contributed by atoms with Crippen LogP contribution in [0.2, 0.25) is 10.0 Å². The van der Waals surface area contributed by atoms with Gasteiger partial charge in [0.2, 0.25) is 5.65 Å². The van der Waals surface area contributed by atoms with Crippen LogP contribution in [-0.2, 0) is 9.47 Å². The quantitative estimate of drug-likeness (QED) is 0.0828. The molecule has 3 N–H and O–H groups in total. The van der Waals surface area contributed by atoms with E-state index in [0.717, 1.165) is 62.7 Å². The van der Waals surface area contributed by atoms with Crippen LogP contribution in [0.3, 0.4) is 0 Å². The summed E-state index contributed by atoms with van der Waals surface area (Å²) < 4.78 is 40.2. The number of aromatic amines is 1. The van der Waals surface area contributed by atoms with Crippen molar-refractivity contribution in [1.29, 1.82) is 0 Å². The Balaban J connectivity index is 0.000000538. The molecule has 0 atom stereocenters. The van der Waals surface area contributed by atoms with Crippen LogP contribution in [-0.4, -0.2) is 65.8 Å². The van der Waals surface area contributed by atoms with Crippen LogP contribution in [0.1, 0.15) is 49.5 Å². The topological polar surface area (TPSA) is 138 Å². The van der Waals surface area contributed by atoms with Crippen LogP contribution < -0.4 is 24.6 Å². The molecule has 9 aromatic rings. The first kappa shape index (κ1) is 60.8. The monoisotopic (exact) mass is 970 g/mol. The summed E-state index contributed by atoms with van der Waals surface area (Å²) in [5, 5.41) is 0.119. The fourth-order valence-corrected chi connectivity index (χ4v) is 6.60. The molecule has 12 nitrogen and oxygen atoms in total. The summed E-state index contributed by atoms with van der Waals surface area (Å²) >= 11 is 11.9. The Morgan fingerprint density at radius 3 is 1.61 bits per heavy atom. The Morgan fingerprint density at radius 1 is 0.710 bits per heavy atom. The normalized spacial score (nSPS) is 9.93. The van der Waals surface area contributed by atoms with Crippen LogP contribution in [0.25, 0.3) is 72.4 Å². The number of pyridine rings is 4. The van der Waals surface area contributed by atoms with Crippen molar-refractivity contribution in [2.45, 2.75) is 55.8 Å². The molecule has 9 rings (SSSR count). The van der Waals surface area contributed by atoms with Gasteiger partial charge in [-0.25, -0.2) is 28.1 Å². The van der Waals surface area contributed by atoms with E-state index in [0.29, 0.717) is 23.7 Å². The smallest absolute Gasteiger partial charge is 0.362 e. The standard InChI is InChI=1S/C21H13ClFN5.C19H10ClFN4.C4H11NO2.C4H9.4CH4.Li/c22-16-10-13(3-5-17(16)23)20-15(2-1-7-24-20)14-4-6-19-27-11-18(28(19)12-14)21-25-8-9-26-21;1-22-18-10-24-17-7-5-13(11-25(17)18)14-3-2-8-23-19(14)12-4-6-16(21)15(20)9-12;1-6-4(3-5)7-2;1-3-4-2;;;;;/h1-12H,(H,25,26);2-11H;4H,3,5H2,1-2H3;1,3-4H2,2H3;4*1H4;/q;;;-1;;;;;+1. The van der Waals surface area contributed by atoms with Gasteiger partial charge in [0.15, 0.2) is 12.1 Å². The number of nitrogens with two attached hydrogens (primary N) is 1. The number of benzene rings is 2. The van der Waals surface area contributed by atoms with Crippen LogP contribution >= 0.6 is 23.2 Å². The summed E-state index contributed by atoms with van der Waals surface area (Å²) in [6, 6.07) is 24.4. The van der Waals surface area contributed by atoms with E-state index in [1.807, 2.05) is 65.3 Å². The molecule has 0 saturated heterocycles. The Labute approximate surface area is 427 Å². The summed E-state index contributed by atoms with van der Waals surface area (Å²) in [7, 11) is 3.11. The molecule has 0 spiro atoms. The molecule has 0 bridgehead atoms. The van der Waals surface area contributed by atoms with Gasteiger partial charge in [-0.15, -0.1) is 0 Å². The SMILES string of the molecule is C.C.C.C.COC(CN)OC.Fc1ccc(-c2ncccc2-c2ccc3ncc(-c4ncc[nH]4)n3c2)cc1Cl.[C-]#[N+]c1cnc2ccc(-c3cccnc3-c3ccc(F)c(Cl)c3)cn12.[CH2-]CCC.[Li+]. The number of halogens is 4. The number of hydrogen-bond donors (Lipinski definition) is 2.